The monoisotopic (exact) mass is 340 g/mol. The summed E-state index contributed by atoms with van der Waals surface area (Å²) in [7, 11) is 4.00. The van der Waals surface area contributed by atoms with Crippen molar-refractivity contribution in [2.75, 3.05) is 13.7 Å². The molecule has 4 heteroatoms. The van der Waals surface area contributed by atoms with Crippen LogP contribution in [0.3, 0.4) is 0 Å². The first kappa shape index (κ1) is 16.6. The molecule has 1 aromatic heterocycles. The van der Waals surface area contributed by atoms with Crippen LogP contribution in [0.5, 0.6) is 0 Å². The Hall–Kier alpha value is -1.81. The molecule has 2 fully saturated rings. The molecule has 2 aromatic rings. The number of amides is 1. The number of carbonyl (C=O) groups excluding carboxylic acids is 1. The number of benzene rings is 1. The second kappa shape index (κ2) is 6.17. The van der Waals surface area contributed by atoms with Crippen LogP contribution in [0.25, 0.3) is 10.9 Å². The van der Waals surface area contributed by atoms with Gasteiger partial charge >= 0.3 is 0 Å². The zero-order valence-electron chi connectivity index (χ0n) is 15.5. The summed E-state index contributed by atoms with van der Waals surface area (Å²) >= 11 is 0. The van der Waals surface area contributed by atoms with E-state index in [1.54, 1.807) is 0 Å². The number of aryl methyl sites for hydroxylation is 1. The molecule has 2 aliphatic carbocycles. The van der Waals surface area contributed by atoms with Crippen molar-refractivity contribution in [3.8, 4) is 0 Å². The molecule has 2 atom stereocenters. The van der Waals surface area contributed by atoms with Gasteiger partial charge in [0, 0.05) is 54.8 Å². The lowest BCUT2D eigenvalue weighted by atomic mass is 9.60. The van der Waals surface area contributed by atoms with Gasteiger partial charge in [-0.2, -0.15) is 0 Å². The van der Waals surface area contributed by atoms with Crippen LogP contribution in [-0.2, 0) is 11.8 Å². The Morgan fingerprint density at radius 1 is 1.32 bits per heavy atom. The summed E-state index contributed by atoms with van der Waals surface area (Å²) in [6.07, 6.45) is 8.22. The minimum absolute atomic E-state index is 0.142. The number of nitrogens with zero attached hydrogens (tertiary/aromatic N) is 2. The molecule has 1 spiro atoms. The van der Waals surface area contributed by atoms with E-state index >= 15 is 0 Å². The first-order valence-corrected chi connectivity index (χ1v) is 9.51. The summed E-state index contributed by atoms with van der Waals surface area (Å²) < 4.78 is 8.08. The van der Waals surface area contributed by atoms with E-state index in [1.807, 2.05) is 43.4 Å². The van der Waals surface area contributed by atoms with Crippen LogP contribution in [0, 0.1) is 5.41 Å². The second-order valence-corrected chi connectivity index (χ2v) is 7.72. The van der Waals surface area contributed by atoms with Crippen molar-refractivity contribution in [1.82, 2.24) is 9.47 Å². The van der Waals surface area contributed by atoms with E-state index in [4.69, 9.17) is 4.74 Å². The highest BCUT2D eigenvalue weighted by atomic mass is 16.5. The molecule has 0 bridgehead atoms. The topological polar surface area (TPSA) is 34.5 Å². The quantitative estimate of drug-likeness (QED) is 0.843. The molecular formula is C21H28N2O2. The standard InChI is InChI=1S/C21H28N2O2/c1-4-25-19-14-18(21(19)11-5-6-12-21)23(3)20(24)16-8-7-9-17-15(16)10-13-22(17)2/h7-10,13,18-19H,4-6,11-12,14H2,1-3H3/t18-,19-/m1/s1. The molecule has 1 amide bonds. The molecule has 25 heavy (non-hydrogen) atoms. The summed E-state index contributed by atoms with van der Waals surface area (Å²) in [5.74, 6) is 0.142. The molecule has 4 rings (SSSR count). The van der Waals surface area contributed by atoms with E-state index in [9.17, 15) is 4.79 Å². The predicted octanol–water partition coefficient (Wildman–Crippen LogP) is 3.99. The predicted molar refractivity (Wildman–Crippen MR) is 99.7 cm³/mol. The maximum atomic E-state index is 13.3. The van der Waals surface area contributed by atoms with Crippen LogP contribution in [0.15, 0.2) is 30.5 Å². The first-order valence-electron chi connectivity index (χ1n) is 9.51. The Kier molecular flexibility index (Phi) is 4.11. The number of hydrogen-bond donors (Lipinski definition) is 0. The highest BCUT2D eigenvalue weighted by Crippen LogP contribution is 2.56. The van der Waals surface area contributed by atoms with Crippen molar-refractivity contribution < 1.29 is 9.53 Å². The van der Waals surface area contributed by atoms with Gasteiger partial charge in [-0.1, -0.05) is 18.9 Å². The fraction of sp³-hybridized carbons (Fsp3) is 0.571. The molecule has 4 nitrogen and oxygen atoms in total. The molecule has 2 aliphatic rings. The van der Waals surface area contributed by atoms with E-state index in [0.717, 1.165) is 29.5 Å². The molecular weight excluding hydrogens is 312 g/mol. The van der Waals surface area contributed by atoms with E-state index < -0.39 is 0 Å². The molecule has 134 valence electrons. The SMILES string of the molecule is CCO[C@@H]1C[C@@H](N(C)C(=O)c2cccc3c2ccn3C)C12CCCC2. The molecule has 0 aliphatic heterocycles. The largest absolute Gasteiger partial charge is 0.378 e. The summed E-state index contributed by atoms with van der Waals surface area (Å²) in [6.45, 7) is 2.83. The van der Waals surface area contributed by atoms with Crippen LogP contribution in [0.4, 0.5) is 0 Å². The summed E-state index contributed by atoms with van der Waals surface area (Å²) in [6, 6.07) is 8.36. The van der Waals surface area contributed by atoms with E-state index in [0.29, 0.717) is 12.1 Å². The lowest BCUT2D eigenvalue weighted by Crippen LogP contribution is -2.64. The number of carbonyl (C=O) groups is 1. The Balaban J connectivity index is 1.62. The van der Waals surface area contributed by atoms with Gasteiger partial charge in [0.15, 0.2) is 0 Å². The zero-order valence-corrected chi connectivity index (χ0v) is 15.5. The molecule has 0 N–H and O–H groups in total. The molecule has 0 saturated heterocycles. The maximum absolute atomic E-state index is 13.3. The second-order valence-electron chi connectivity index (χ2n) is 7.72. The molecule has 1 heterocycles. The van der Waals surface area contributed by atoms with Crippen molar-refractivity contribution >= 4 is 16.8 Å². The van der Waals surface area contributed by atoms with Gasteiger partial charge in [0.1, 0.15) is 0 Å². The number of hydrogen-bond acceptors (Lipinski definition) is 2. The van der Waals surface area contributed by atoms with Crippen LogP contribution < -0.4 is 0 Å². The van der Waals surface area contributed by atoms with Gasteiger partial charge in [-0.25, -0.2) is 0 Å². The van der Waals surface area contributed by atoms with Crippen molar-refractivity contribution in [3.05, 3.63) is 36.0 Å². The van der Waals surface area contributed by atoms with Gasteiger partial charge in [-0.05, 0) is 44.4 Å². The minimum Gasteiger partial charge on any atom is -0.378 e. The zero-order chi connectivity index (χ0) is 17.6. The van der Waals surface area contributed by atoms with Gasteiger partial charge in [-0.3, -0.25) is 4.79 Å². The van der Waals surface area contributed by atoms with Crippen molar-refractivity contribution in [2.45, 2.75) is 51.2 Å². The van der Waals surface area contributed by atoms with E-state index in [-0.39, 0.29) is 11.3 Å². The lowest BCUT2D eigenvalue weighted by molar-refractivity contribution is -0.152. The van der Waals surface area contributed by atoms with Crippen molar-refractivity contribution in [1.29, 1.82) is 0 Å². The summed E-state index contributed by atoms with van der Waals surface area (Å²) in [5, 5.41) is 1.04. The molecule has 0 unspecified atom stereocenters. The lowest BCUT2D eigenvalue weighted by Gasteiger charge is -2.57. The van der Waals surface area contributed by atoms with Gasteiger partial charge < -0.3 is 14.2 Å². The molecule has 1 aromatic carbocycles. The molecule has 0 radical (unpaired) electrons. The number of ether oxygens (including phenoxy) is 1. The minimum atomic E-state index is 0.142. The van der Waals surface area contributed by atoms with Crippen LogP contribution in [0.1, 0.15) is 49.4 Å². The van der Waals surface area contributed by atoms with Gasteiger partial charge in [0.25, 0.3) is 5.91 Å². The Bertz CT molecular complexity index is 788. The fourth-order valence-corrected chi connectivity index (χ4v) is 5.21. The highest BCUT2D eigenvalue weighted by molar-refractivity contribution is 6.06. The highest BCUT2D eigenvalue weighted by Gasteiger charge is 2.58. The average Bonchev–Trinajstić information content (AvgIpc) is 3.26. The third-order valence-corrected chi connectivity index (χ3v) is 6.59. The summed E-state index contributed by atoms with van der Waals surface area (Å²) in [4.78, 5) is 15.3. The number of aromatic nitrogens is 1. The summed E-state index contributed by atoms with van der Waals surface area (Å²) in [5.41, 5.74) is 2.11. The Morgan fingerprint density at radius 2 is 2.08 bits per heavy atom. The van der Waals surface area contributed by atoms with Gasteiger partial charge in [-0.15, -0.1) is 0 Å². The van der Waals surface area contributed by atoms with Crippen LogP contribution in [-0.4, -0.2) is 41.2 Å². The van der Waals surface area contributed by atoms with Crippen molar-refractivity contribution in [3.63, 3.8) is 0 Å². The Labute approximate surface area is 149 Å². The maximum Gasteiger partial charge on any atom is 0.254 e. The number of fused-ring (bicyclic) bond motifs is 1. The first-order chi connectivity index (χ1) is 12.1. The fourth-order valence-electron chi connectivity index (χ4n) is 5.21. The Morgan fingerprint density at radius 3 is 2.80 bits per heavy atom. The number of rotatable bonds is 4. The molecule has 2 saturated carbocycles. The normalized spacial score (nSPS) is 24.6. The smallest absolute Gasteiger partial charge is 0.254 e. The van der Waals surface area contributed by atoms with Gasteiger partial charge in [0.2, 0.25) is 0 Å². The van der Waals surface area contributed by atoms with Crippen molar-refractivity contribution in [2.24, 2.45) is 12.5 Å². The third-order valence-electron chi connectivity index (χ3n) is 6.59. The van der Waals surface area contributed by atoms with Crippen LogP contribution in [0.2, 0.25) is 0 Å². The van der Waals surface area contributed by atoms with Gasteiger partial charge in [0.05, 0.1) is 6.10 Å². The van der Waals surface area contributed by atoms with E-state index in [2.05, 4.69) is 17.6 Å². The van der Waals surface area contributed by atoms with E-state index in [1.165, 1.54) is 25.7 Å². The van der Waals surface area contributed by atoms with Crippen LogP contribution >= 0.6 is 0 Å². The third kappa shape index (κ3) is 2.42. The average molecular weight is 340 g/mol.